The molecule has 4 nitrogen and oxygen atoms in total. The van der Waals surface area contributed by atoms with E-state index >= 15 is 0 Å². The highest BCUT2D eigenvalue weighted by Gasteiger charge is 2.06. The first kappa shape index (κ1) is 15.0. The van der Waals surface area contributed by atoms with Gasteiger partial charge in [-0.15, -0.1) is 0 Å². The van der Waals surface area contributed by atoms with Crippen LogP contribution < -0.4 is 10.6 Å². The lowest BCUT2D eigenvalue weighted by Gasteiger charge is -2.10. The van der Waals surface area contributed by atoms with Gasteiger partial charge in [0.15, 0.2) is 0 Å². The van der Waals surface area contributed by atoms with Gasteiger partial charge < -0.3 is 10.6 Å². The molecule has 1 aromatic heterocycles. The second kappa shape index (κ2) is 6.88. The average molecular weight is 283 g/mol. The molecule has 0 spiro atoms. The number of amides is 1. The lowest BCUT2D eigenvalue weighted by Crippen LogP contribution is -2.15. The van der Waals surface area contributed by atoms with Crippen LogP contribution in [0.5, 0.6) is 0 Å². The SMILES string of the molecule is Cc1ccccc1CC(=O)Nc1ccc(NC(C)C)nc1. The Kier molecular flexibility index (Phi) is 4.93. The van der Waals surface area contributed by atoms with Crippen molar-refractivity contribution in [1.82, 2.24) is 4.98 Å². The van der Waals surface area contributed by atoms with Crippen molar-refractivity contribution < 1.29 is 4.79 Å². The van der Waals surface area contributed by atoms with E-state index in [1.54, 1.807) is 6.20 Å². The van der Waals surface area contributed by atoms with Crippen LogP contribution in [0.4, 0.5) is 11.5 Å². The zero-order valence-electron chi connectivity index (χ0n) is 12.7. The Morgan fingerprint density at radius 1 is 1.19 bits per heavy atom. The summed E-state index contributed by atoms with van der Waals surface area (Å²) < 4.78 is 0. The minimum atomic E-state index is -0.0318. The summed E-state index contributed by atoms with van der Waals surface area (Å²) >= 11 is 0. The molecular formula is C17H21N3O. The van der Waals surface area contributed by atoms with E-state index in [0.717, 1.165) is 16.9 Å². The fourth-order valence-corrected chi connectivity index (χ4v) is 2.04. The van der Waals surface area contributed by atoms with E-state index in [4.69, 9.17) is 0 Å². The largest absolute Gasteiger partial charge is 0.368 e. The Hall–Kier alpha value is -2.36. The molecule has 0 bridgehead atoms. The molecule has 2 N–H and O–H groups in total. The predicted molar refractivity (Wildman–Crippen MR) is 86.5 cm³/mol. The summed E-state index contributed by atoms with van der Waals surface area (Å²) in [6.07, 6.45) is 2.04. The molecule has 110 valence electrons. The van der Waals surface area contributed by atoms with Gasteiger partial charge in [0.1, 0.15) is 5.82 Å². The van der Waals surface area contributed by atoms with Gasteiger partial charge in [-0.2, -0.15) is 0 Å². The van der Waals surface area contributed by atoms with E-state index in [0.29, 0.717) is 18.2 Å². The van der Waals surface area contributed by atoms with Gasteiger partial charge in [-0.05, 0) is 44.0 Å². The molecule has 1 heterocycles. The normalized spacial score (nSPS) is 10.5. The molecule has 0 fully saturated rings. The molecule has 0 atom stereocenters. The number of carbonyl (C=O) groups is 1. The molecule has 0 saturated carbocycles. The molecule has 1 aromatic carbocycles. The average Bonchev–Trinajstić information content (AvgIpc) is 2.43. The molecule has 0 saturated heterocycles. The minimum Gasteiger partial charge on any atom is -0.368 e. The van der Waals surface area contributed by atoms with Crippen LogP contribution in [-0.2, 0) is 11.2 Å². The quantitative estimate of drug-likeness (QED) is 0.884. The third kappa shape index (κ3) is 4.60. The lowest BCUT2D eigenvalue weighted by atomic mass is 10.1. The molecule has 1 amide bonds. The van der Waals surface area contributed by atoms with Crippen LogP contribution in [-0.4, -0.2) is 16.9 Å². The molecule has 2 rings (SSSR count). The van der Waals surface area contributed by atoms with Crippen LogP contribution in [0.15, 0.2) is 42.6 Å². The van der Waals surface area contributed by atoms with Gasteiger partial charge >= 0.3 is 0 Å². The van der Waals surface area contributed by atoms with Crippen molar-refractivity contribution in [2.45, 2.75) is 33.2 Å². The van der Waals surface area contributed by atoms with E-state index in [2.05, 4.69) is 29.5 Å². The minimum absolute atomic E-state index is 0.0318. The number of carbonyl (C=O) groups excluding carboxylic acids is 1. The highest BCUT2D eigenvalue weighted by atomic mass is 16.1. The zero-order valence-corrected chi connectivity index (χ0v) is 12.7. The Bertz CT molecular complexity index is 606. The van der Waals surface area contributed by atoms with Crippen molar-refractivity contribution in [3.8, 4) is 0 Å². The van der Waals surface area contributed by atoms with E-state index in [9.17, 15) is 4.79 Å². The van der Waals surface area contributed by atoms with Crippen LogP contribution in [0.25, 0.3) is 0 Å². The van der Waals surface area contributed by atoms with Crippen LogP contribution in [0.2, 0.25) is 0 Å². The third-order valence-electron chi connectivity index (χ3n) is 3.10. The predicted octanol–water partition coefficient (Wildman–Crippen LogP) is 3.39. The smallest absolute Gasteiger partial charge is 0.228 e. The number of nitrogens with one attached hydrogen (secondary N) is 2. The lowest BCUT2D eigenvalue weighted by molar-refractivity contribution is -0.115. The molecule has 4 heteroatoms. The first-order chi connectivity index (χ1) is 10.0. The van der Waals surface area contributed by atoms with Crippen molar-refractivity contribution >= 4 is 17.4 Å². The molecule has 0 aliphatic heterocycles. The number of anilines is 2. The first-order valence-electron chi connectivity index (χ1n) is 7.11. The topological polar surface area (TPSA) is 54.0 Å². The second-order valence-electron chi connectivity index (χ2n) is 5.38. The summed E-state index contributed by atoms with van der Waals surface area (Å²) in [5.74, 6) is 0.776. The van der Waals surface area contributed by atoms with Gasteiger partial charge in [-0.25, -0.2) is 4.98 Å². The Labute approximate surface area is 125 Å². The van der Waals surface area contributed by atoms with Gasteiger partial charge in [0.05, 0.1) is 18.3 Å². The summed E-state index contributed by atoms with van der Waals surface area (Å²) in [7, 11) is 0. The molecule has 21 heavy (non-hydrogen) atoms. The summed E-state index contributed by atoms with van der Waals surface area (Å²) in [6.45, 7) is 6.12. The maximum atomic E-state index is 12.0. The zero-order chi connectivity index (χ0) is 15.2. The summed E-state index contributed by atoms with van der Waals surface area (Å²) in [5.41, 5.74) is 2.88. The summed E-state index contributed by atoms with van der Waals surface area (Å²) in [4.78, 5) is 16.3. The third-order valence-corrected chi connectivity index (χ3v) is 3.10. The number of nitrogens with zero attached hydrogens (tertiary/aromatic N) is 1. The van der Waals surface area contributed by atoms with Gasteiger partial charge in [-0.3, -0.25) is 4.79 Å². The van der Waals surface area contributed by atoms with E-state index in [-0.39, 0.29) is 5.91 Å². The van der Waals surface area contributed by atoms with Crippen molar-refractivity contribution in [2.24, 2.45) is 0 Å². The highest BCUT2D eigenvalue weighted by Crippen LogP contribution is 2.12. The summed E-state index contributed by atoms with van der Waals surface area (Å²) in [6, 6.07) is 12.0. The fraction of sp³-hybridized carbons (Fsp3) is 0.294. The number of rotatable bonds is 5. The van der Waals surface area contributed by atoms with E-state index in [1.807, 2.05) is 43.3 Å². The Balaban J connectivity index is 1.95. The number of benzene rings is 1. The van der Waals surface area contributed by atoms with E-state index in [1.165, 1.54) is 0 Å². The van der Waals surface area contributed by atoms with Crippen LogP contribution in [0.1, 0.15) is 25.0 Å². The standard InChI is InChI=1S/C17H21N3O/c1-12(2)19-16-9-8-15(11-18-16)20-17(21)10-14-7-5-4-6-13(14)3/h4-9,11-12H,10H2,1-3H3,(H,18,19)(H,20,21). The molecule has 0 aliphatic carbocycles. The second-order valence-corrected chi connectivity index (χ2v) is 5.38. The van der Waals surface area contributed by atoms with Crippen molar-refractivity contribution in [3.63, 3.8) is 0 Å². The summed E-state index contributed by atoms with van der Waals surface area (Å²) in [5, 5.41) is 6.08. The molecular weight excluding hydrogens is 262 g/mol. The van der Waals surface area contributed by atoms with Gasteiger partial charge in [0, 0.05) is 6.04 Å². The Morgan fingerprint density at radius 3 is 2.57 bits per heavy atom. The van der Waals surface area contributed by atoms with Gasteiger partial charge in [-0.1, -0.05) is 24.3 Å². The number of hydrogen-bond acceptors (Lipinski definition) is 3. The molecule has 0 aliphatic rings. The highest BCUT2D eigenvalue weighted by molar-refractivity contribution is 5.92. The molecule has 0 unspecified atom stereocenters. The number of aryl methyl sites for hydroxylation is 1. The molecule has 2 aromatic rings. The first-order valence-corrected chi connectivity index (χ1v) is 7.11. The van der Waals surface area contributed by atoms with Crippen molar-refractivity contribution in [2.75, 3.05) is 10.6 Å². The van der Waals surface area contributed by atoms with Crippen molar-refractivity contribution in [3.05, 3.63) is 53.7 Å². The molecule has 0 radical (unpaired) electrons. The maximum Gasteiger partial charge on any atom is 0.228 e. The van der Waals surface area contributed by atoms with Crippen molar-refractivity contribution in [1.29, 1.82) is 0 Å². The monoisotopic (exact) mass is 283 g/mol. The number of hydrogen-bond donors (Lipinski definition) is 2. The van der Waals surface area contributed by atoms with Gasteiger partial charge in [0.25, 0.3) is 0 Å². The maximum absolute atomic E-state index is 12.0. The van der Waals surface area contributed by atoms with E-state index < -0.39 is 0 Å². The Morgan fingerprint density at radius 2 is 1.95 bits per heavy atom. The fourth-order valence-electron chi connectivity index (χ4n) is 2.04. The van der Waals surface area contributed by atoms with Crippen LogP contribution >= 0.6 is 0 Å². The van der Waals surface area contributed by atoms with Gasteiger partial charge in [0.2, 0.25) is 5.91 Å². The van der Waals surface area contributed by atoms with Crippen LogP contribution in [0, 0.1) is 6.92 Å². The number of aromatic nitrogens is 1. The number of pyridine rings is 1. The van der Waals surface area contributed by atoms with Crippen LogP contribution in [0.3, 0.4) is 0 Å².